The molecular formula is C28H32N6O2. The molecule has 1 saturated carbocycles. The lowest BCUT2D eigenvalue weighted by molar-refractivity contribution is 0.101. The number of aryl methyl sites for hydroxylation is 1. The SMILES string of the molecule is CC(=O)c1c(C)c2cnc(Nc3ccc4c(ccn4CC4CCCN4)c3)nc2n(C2CCCC2)c1=O. The van der Waals surface area contributed by atoms with E-state index in [-0.39, 0.29) is 22.9 Å². The van der Waals surface area contributed by atoms with Crippen molar-refractivity contribution in [2.45, 2.75) is 71.0 Å². The van der Waals surface area contributed by atoms with Crippen molar-refractivity contribution in [3.8, 4) is 0 Å². The van der Waals surface area contributed by atoms with Gasteiger partial charge in [-0.15, -0.1) is 0 Å². The van der Waals surface area contributed by atoms with Gasteiger partial charge in [-0.25, -0.2) is 4.98 Å². The maximum Gasteiger partial charge on any atom is 0.263 e. The molecule has 8 nitrogen and oxygen atoms in total. The number of ketones is 1. The first kappa shape index (κ1) is 22.9. The van der Waals surface area contributed by atoms with Gasteiger partial charge in [-0.3, -0.25) is 14.2 Å². The van der Waals surface area contributed by atoms with Crippen LogP contribution in [0.4, 0.5) is 11.6 Å². The zero-order valence-corrected chi connectivity index (χ0v) is 20.9. The Balaban J connectivity index is 1.36. The second-order valence-electron chi connectivity index (χ2n) is 10.3. The lowest BCUT2D eigenvalue weighted by Gasteiger charge is -2.19. The van der Waals surface area contributed by atoms with Crippen molar-refractivity contribution >= 4 is 39.4 Å². The molecule has 6 rings (SSSR count). The number of pyridine rings is 1. The molecule has 1 aliphatic carbocycles. The van der Waals surface area contributed by atoms with E-state index < -0.39 is 0 Å². The third-order valence-corrected chi connectivity index (χ3v) is 7.86. The molecule has 1 saturated heterocycles. The number of anilines is 2. The molecule has 0 amide bonds. The van der Waals surface area contributed by atoms with Crippen LogP contribution in [0.15, 0.2) is 41.5 Å². The molecule has 2 N–H and O–H groups in total. The Morgan fingerprint density at radius 3 is 2.75 bits per heavy atom. The van der Waals surface area contributed by atoms with Gasteiger partial charge in [-0.1, -0.05) is 12.8 Å². The van der Waals surface area contributed by atoms with Gasteiger partial charge >= 0.3 is 0 Å². The van der Waals surface area contributed by atoms with Gasteiger partial charge in [0.2, 0.25) is 5.95 Å². The summed E-state index contributed by atoms with van der Waals surface area (Å²) in [5.41, 5.74) is 3.37. The van der Waals surface area contributed by atoms with E-state index in [1.54, 1.807) is 10.8 Å². The Bertz CT molecular complexity index is 1520. The maximum atomic E-state index is 13.4. The average Bonchev–Trinajstić information content (AvgIpc) is 3.62. The quantitative estimate of drug-likeness (QED) is 0.379. The summed E-state index contributed by atoms with van der Waals surface area (Å²) in [5, 5.41) is 8.82. The normalized spacial score (nSPS) is 18.4. The minimum absolute atomic E-state index is 0.0620. The summed E-state index contributed by atoms with van der Waals surface area (Å²) in [6, 6.07) is 9.02. The number of hydrogen-bond donors (Lipinski definition) is 2. The van der Waals surface area contributed by atoms with Crippen molar-refractivity contribution < 1.29 is 4.79 Å². The number of rotatable bonds is 6. The summed E-state index contributed by atoms with van der Waals surface area (Å²) >= 11 is 0. The average molecular weight is 485 g/mol. The van der Waals surface area contributed by atoms with Gasteiger partial charge in [0, 0.05) is 53.0 Å². The zero-order valence-electron chi connectivity index (χ0n) is 20.9. The largest absolute Gasteiger partial charge is 0.346 e. The molecule has 1 atom stereocenters. The second kappa shape index (κ2) is 9.17. The number of aromatic nitrogens is 4. The molecule has 1 aliphatic heterocycles. The lowest BCUT2D eigenvalue weighted by Crippen LogP contribution is -2.30. The lowest BCUT2D eigenvalue weighted by atomic mass is 10.0. The summed E-state index contributed by atoms with van der Waals surface area (Å²) in [4.78, 5) is 35.1. The van der Waals surface area contributed by atoms with E-state index in [1.165, 1.54) is 25.3 Å². The van der Waals surface area contributed by atoms with Crippen molar-refractivity contribution in [1.29, 1.82) is 0 Å². The van der Waals surface area contributed by atoms with Crippen LogP contribution in [0.25, 0.3) is 21.9 Å². The molecule has 0 spiro atoms. The Labute approximate surface area is 209 Å². The van der Waals surface area contributed by atoms with Crippen molar-refractivity contribution in [2.75, 3.05) is 11.9 Å². The highest BCUT2D eigenvalue weighted by atomic mass is 16.1. The number of fused-ring (bicyclic) bond motifs is 2. The van der Waals surface area contributed by atoms with E-state index in [0.717, 1.165) is 55.2 Å². The molecule has 1 aromatic carbocycles. The molecule has 3 aromatic heterocycles. The molecule has 0 bridgehead atoms. The third kappa shape index (κ3) is 3.99. The van der Waals surface area contributed by atoms with E-state index in [0.29, 0.717) is 23.2 Å². The predicted octanol–water partition coefficient (Wildman–Crippen LogP) is 4.87. The van der Waals surface area contributed by atoms with E-state index in [2.05, 4.69) is 44.6 Å². The summed E-state index contributed by atoms with van der Waals surface area (Å²) in [6.07, 6.45) is 10.4. The highest BCUT2D eigenvalue weighted by Crippen LogP contribution is 2.32. The molecule has 4 aromatic rings. The van der Waals surface area contributed by atoms with Gasteiger partial charge in [0.25, 0.3) is 5.56 Å². The number of benzene rings is 1. The summed E-state index contributed by atoms with van der Waals surface area (Å²) < 4.78 is 4.06. The van der Waals surface area contributed by atoms with Crippen LogP contribution < -0.4 is 16.2 Å². The standard InChI is InChI=1S/C28H32N6O2/c1-17-23-15-30-28(32-26(23)34(22-7-3-4-8-22)27(36)25(17)18(2)35)31-20-9-10-24-19(14-20)11-13-33(24)16-21-6-5-12-29-21/h9-11,13-15,21-22,29H,3-8,12,16H2,1-2H3,(H,30,31,32). The maximum absolute atomic E-state index is 13.4. The molecule has 2 aliphatic rings. The Kier molecular flexibility index (Phi) is 5.84. The van der Waals surface area contributed by atoms with Crippen LogP contribution in [0.5, 0.6) is 0 Å². The molecule has 4 heterocycles. The van der Waals surface area contributed by atoms with Gasteiger partial charge in [0.05, 0.1) is 5.56 Å². The van der Waals surface area contributed by atoms with Crippen molar-refractivity contribution in [2.24, 2.45) is 0 Å². The van der Waals surface area contributed by atoms with Crippen LogP contribution in [-0.2, 0) is 6.54 Å². The number of hydrogen-bond acceptors (Lipinski definition) is 6. The monoisotopic (exact) mass is 484 g/mol. The van der Waals surface area contributed by atoms with Crippen LogP contribution in [0.3, 0.4) is 0 Å². The van der Waals surface area contributed by atoms with Crippen LogP contribution in [0.2, 0.25) is 0 Å². The molecule has 1 unspecified atom stereocenters. The van der Waals surface area contributed by atoms with E-state index in [1.807, 2.05) is 13.0 Å². The molecule has 36 heavy (non-hydrogen) atoms. The van der Waals surface area contributed by atoms with Gasteiger partial charge in [0.15, 0.2) is 5.78 Å². The zero-order chi connectivity index (χ0) is 24.8. The van der Waals surface area contributed by atoms with Crippen molar-refractivity contribution in [3.05, 3.63) is 58.1 Å². The Hall–Kier alpha value is -3.52. The highest BCUT2D eigenvalue weighted by Gasteiger charge is 2.26. The van der Waals surface area contributed by atoms with Gasteiger partial charge in [0.1, 0.15) is 5.65 Å². The molecule has 8 heteroatoms. The highest BCUT2D eigenvalue weighted by molar-refractivity contribution is 5.99. The topological polar surface area (TPSA) is 93.8 Å². The first-order valence-corrected chi connectivity index (χ1v) is 13.0. The van der Waals surface area contributed by atoms with Gasteiger partial charge in [-0.2, -0.15) is 4.98 Å². The van der Waals surface area contributed by atoms with Crippen LogP contribution >= 0.6 is 0 Å². The van der Waals surface area contributed by atoms with E-state index in [9.17, 15) is 9.59 Å². The minimum Gasteiger partial charge on any atom is -0.346 e. The number of Topliss-reactive ketones (excluding diaryl/α,β-unsaturated/α-hetero) is 1. The molecular weight excluding hydrogens is 452 g/mol. The fraction of sp³-hybridized carbons (Fsp3) is 0.429. The smallest absolute Gasteiger partial charge is 0.263 e. The third-order valence-electron chi connectivity index (χ3n) is 7.86. The van der Waals surface area contributed by atoms with Gasteiger partial charge in [-0.05, 0) is 75.9 Å². The summed E-state index contributed by atoms with van der Waals surface area (Å²) in [5.74, 6) is 0.231. The first-order valence-electron chi connectivity index (χ1n) is 13.0. The van der Waals surface area contributed by atoms with Crippen molar-refractivity contribution in [1.82, 2.24) is 24.4 Å². The molecule has 186 valence electrons. The van der Waals surface area contributed by atoms with Crippen molar-refractivity contribution in [3.63, 3.8) is 0 Å². The fourth-order valence-corrected chi connectivity index (χ4v) is 6.02. The van der Waals surface area contributed by atoms with E-state index in [4.69, 9.17) is 4.98 Å². The Morgan fingerprint density at radius 2 is 2.00 bits per heavy atom. The number of carbonyl (C=O) groups excluding carboxylic acids is 1. The number of nitrogens with one attached hydrogen (secondary N) is 2. The predicted molar refractivity (Wildman–Crippen MR) is 142 cm³/mol. The first-order chi connectivity index (χ1) is 17.5. The van der Waals surface area contributed by atoms with Crippen LogP contribution in [-0.4, -0.2) is 37.5 Å². The summed E-state index contributed by atoms with van der Waals surface area (Å²) in [7, 11) is 0. The van der Waals surface area contributed by atoms with Crippen LogP contribution in [0, 0.1) is 6.92 Å². The number of nitrogens with zero attached hydrogens (tertiary/aromatic N) is 4. The Morgan fingerprint density at radius 1 is 1.17 bits per heavy atom. The fourth-order valence-electron chi connectivity index (χ4n) is 6.02. The molecule has 2 fully saturated rings. The second-order valence-corrected chi connectivity index (χ2v) is 10.3. The van der Waals surface area contributed by atoms with Crippen LogP contribution in [0.1, 0.15) is 67.4 Å². The summed E-state index contributed by atoms with van der Waals surface area (Å²) in [6.45, 7) is 5.35. The minimum atomic E-state index is -0.233. The number of carbonyl (C=O) groups is 1. The molecule has 0 radical (unpaired) electrons. The van der Waals surface area contributed by atoms with Gasteiger partial charge < -0.3 is 15.2 Å². The van der Waals surface area contributed by atoms with E-state index >= 15 is 0 Å².